The molecule has 21 heavy (non-hydrogen) atoms. The van der Waals surface area contributed by atoms with Crippen LogP contribution in [0.5, 0.6) is 0 Å². The van der Waals surface area contributed by atoms with Gasteiger partial charge in [-0.05, 0) is 27.2 Å². The summed E-state index contributed by atoms with van der Waals surface area (Å²) in [4.78, 5) is 21.8. The first kappa shape index (κ1) is 15.6. The third-order valence-electron chi connectivity index (χ3n) is 2.94. The van der Waals surface area contributed by atoms with Gasteiger partial charge in [-0.15, -0.1) is 0 Å². The number of anilines is 2. The van der Waals surface area contributed by atoms with E-state index in [4.69, 9.17) is 22.1 Å². The summed E-state index contributed by atoms with van der Waals surface area (Å²) in [5, 5.41) is 3.47. The highest BCUT2D eigenvalue weighted by atomic mass is 35.5. The Morgan fingerprint density at radius 3 is 2.90 bits per heavy atom. The van der Waals surface area contributed by atoms with Crippen molar-refractivity contribution in [2.24, 2.45) is 0 Å². The number of carbonyl (C=O) groups is 1. The second kappa shape index (κ2) is 5.93. The molecular formula is C13H20ClN5O2. The summed E-state index contributed by atoms with van der Waals surface area (Å²) in [5.74, 6) is 0.643. The van der Waals surface area contributed by atoms with Gasteiger partial charge in [-0.1, -0.05) is 11.6 Å². The van der Waals surface area contributed by atoms with Crippen molar-refractivity contribution >= 4 is 29.5 Å². The molecule has 0 unspecified atom stereocenters. The van der Waals surface area contributed by atoms with E-state index in [0.717, 1.165) is 6.42 Å². The highest BCUT2D eigenvalue weighted by molar-refractivity contribution is 6.32. The summed E-state index contributed by atoms with van der Waals surface area (Å²) in [6.45, 7) is 6.72. The molecule has 0 spiro atoms. The third kappa shape index (κ3) is 4.35. The van der Waals surface area contributed by atoms with Gasteiger partial charge in [0.2, 0.25) is 5.95 Å². The molecule has 7 nitrogen and oxygen atoms in total. The van der Waals surface area contributed by atoms with Crippen LogP contribution in [0, 0.1) is 0 Å². The van der Waals surface area contributed by atoms with Crippen molar-refractivity contribution in [1.82, 2.24) is 14.9 Å². The minimum atomic E-state index is -0.490. The Bertz CT molecular complexity index is 532. The van der Waals surface area contributed by atoms with Gasteiger partial charge in [0.25, 0.3) is 0 Å². The van der Waals surface area contributed by atoms with E-state index in [1.165, 1.54) is 6.20 Å². The minimum absolute atomic E-state index is 0.0677. The summed E-state index contributed by atoms with van der Waals surface area (Å²) >= 11 is 5.78. The van der Waals surface area contributed by atoms with Crippen LogP contribution in [-0.4, -0.2) is 45.7 Å². The van der Waals surface area contributed by atoms with Crippen LogP contribution in [-0.2, 0) is 4.74 Å². The maximum Gasteiger partial charge on any atom is 0.410 e. The zero-order chi connectivity index (χ0) is 15.6. The number of halogens is 1. The Labute approximate surface area is 128 Å². The molecule has 0 aliphatic carbocycles. The number of rotatable bonds is 2. The number of nitrogens with one attached hydrogen (secondary N) is 1. The quantitative estimate of drug-likeness (QED) is 0.868. The molecule has 8 heteroatoms. The number of amides is 1. The molecule has 1 aliphatic rings. The third-order valence-corrected chi connectivity index (χ3v) is 3.24. The standard InChI is InChI=1S/C13H20ClN5O2/c1-13(2,3)21-12(20)19-5-4-8(7-19)17-11-16-6-9(14)10(15)18-11/h6,8H,4-5,7H2,1-3H3,(H3,15,16,17,18)/t8-/m1/s1. The van der Waals surface area contributed by atoms with E-state index < -0.39 is 5.60 Å². The van der Waals surface area contributed by atoms with E-state index in [9.17, 15) is 4.79 Å². The minimum Gasteiger partial charge on any atom is -0.444 e. The fourth-order valence-corrected chi connectivity index (χ4v) is 2.09. The van der Waals surface area contributed by atoms with Gasteiger partial charge in [0, 0.05) is 19.1 Å². The molecule has 2 rings (SSSR count). The Balaban J connectivity index is 1.90. The van der Waals surface area contributed by atoms with Gasteiger partial charge < -0.3 is 20.7 Å². The lowest BCUT2D eigenvalue weighted by Gasteiger charge is -2.24. The molecule has 1 aromatic rings. The summed E-state index contributed by atoms with van der Waals surface area (Å²) in [5.41, 5.74) is 5.14. The lowest BCUT2D eigenvalue weighted by Crippen LogP contribution is -2.36. The fraction of sp³-hybridized carbons (Fsp3) is 0.615. The molecule has 0 aromatic carbocycles. The highest BCUT2D eigenvalue weighted by Gasteiger charge is 2.30. The van der Waals surface area contributed by atoms with Crippen molar-refractivity contribution in [1.29, 1.82) is 0 Å². The number of nitrogen functional groups attached to an aromatic ring is 1. The first-order valence-corrected chi connectivity index (χ1v) is 7.15. The molecular weight excluding hydrogens is 294 g/mol. The van der Waals surface area contributed by atoms with Crippen LogP contribution in [0.15, 0.2) is 6.20 Å². The largest absolute Gasteiger partial charge is 0.444 e. The Hall–Kier alpha value is -1.76. The summed E-state index contributed by atoms with van der Waals surface area (Å²) in [6, 6.07) is 0.0677. The molecule has 1 amide bonds. The van der Waals surface area contributed by atoms with Crippen molar-refractivity contribution in [2.75, 3.05) is 24.1 Å². The zero-order valence-electron chi connectivity index (χ0n) is 12.4. The molecule has 1 aliphatic heterocycles. The highest BCUT2D eigenvalue weighted by Crippen LogP contribution is 2.19. The Morgan fingerprint density at radius 2 is 2.29 bits per heavy atom. The number of aromatic nitrogens is 2. The average Bonchev–Trinajstić information content (AvgIpc) is 2.80. The molecule has 116 valence electrons. The maximum absolute atomic E-state index is 12.0. The smallest absolute Gasteiger partial charge is 0.410 e. The van der Waals surface area contributed by atoms with Crippen molar-refractivity contribution in [3.05, 3.63) is 11.2 Å². The second-order valence-corrected chi connectivity index (χ2v) is 6.39. The number of carbonyl (C=O) groups excluding carboxylic acids is 1. The number of likely N-dealkylation sites (tertiary alicyclic amines) is 1. The topological polar surface area (TPSA) is 93.4 Å². The first-order chi connectivity index (χ1) is 9.74. The van der Waals surface area contributed by atoms with Crippen LogP contribution in [0.3, 0.4) is 0 Å². The second-order valence-electron chi connectivity index (χ2n) is 5.98. The van der Waals surface area contributed by atoms with Gasteiger partial charge in [-0.3, -0.25) is 0 Å². The molecule has 1 aromatic heterocycles. The predicted molar refractivity (Wildman–Crippen MR) is 81.3 cm³/mol. The van der Waals surface area contributed by atoms with Crippen molar-refractivity contribution in [2.45, 2.75) is 38.8 Å². The van der Waals surface area contributed by atoms with E-state index in [2.05, 4.69) is 15.3 Å². The van der Waals surface area contributed by atoms with Crippen molar-refractivity contribution in [3.63, 3.8) is 0 Å². The summed E-state index contributed by atoms with van der Waals surface area (Å²) < 4.78 is 5.35. The van der Waals surface area contributed by atoms with E-state index in [1.54, 1.807) is 4.90 Å². The Morgan fingerprint density at radius 1 is 1.57 bits per heavy atom. The number of nitrogens with two attached hydrogens (primary N) is 1. The normalized spacial score (nSPS) is 18.7. The van der Waals surface area contributed by atoms with Crippen LogP contribution < -0.4 is 11.1 Å². The molecule has 0 saturated carbocycles. The predicted octanol–water partition coefficient (Wildman–Crippen LogP) is 2.13. The van der Waals surface area contributed by atoms with Gasteiger partial charge in [-0.25, -0.2) is 9.78 Å². The average molecular weight is 314 g/mol. The molecule has 2 heterocycles. The Kier molecular flexibility index (Phi) is 4.41. The van der Waals surface area contributed by atoms with Gasteiger partial charge in [-0.2, -0.15) is 4.98 Å². The summed E-state index contributed by atoms with van der Waals surface area (Å²) in [7, 11) is 0. The van der Waals surface area contributed by atoms with Crippen LogP contribution >= 0.6 is 11.6 Å². The zero-order valence-corrected chi connectivity index (χ0v) is 13.1. The molecule has 1 saturated heterocycles. The van der Waals surface area contributed by atoms with Gasteiger partial charge in [0.15, 0.2) is 0 Å². The number of hydrogen-bond acceptors (Lipinski definition) is 6. The maximum atomic E-state index is 12.0. The van der Waals surface area contributed by atoms with Gasteiger partial charge in [0.1, 0.15) is 16.4 Å². The summed E-state index contributed by atoms with van der Waals surface area (Å²) in [6.07, 6.45) is 1.95. The molecule has 3 N–H and O–H groups in total. The number of hydrogen-bond donors (Lipinski definition) is 2. The van der Waals surface area contributed by atoms with Crippen LogP contribution in [0.2, 0.25) is 5.02 Å². The SMILES string of the molecule is CC(C)(C)OC(=O)N1CC[C@@H](Nc2ncc(Cl)c(N)n2)C1. The number of ether oxygens (including phenoxy) is 1. The fourth-order valence-electron chi connectivity index (χ4n) is 2.00. The first-order valence-electron chi connectivity index (χ1n) is 6.77. The molecule has 1 fully saturated rings. The van der Waals surface area contributed by atoms with E-state index in [-0.39, 0.29) is 18.0 Å². The van der Waals surface area contributed by atoms with Gasteiger partial charge >= 0.3 is 6.09 Å². The monoisotopic (exact) mass is 313 g/mol. The molecule has 1 atom stereocenters. The van der Waals surface area contributed by atoms with E-state index >= 15 is 0 Å². The van der Waals surface area contributed by atoms with Crippen LogP contribution in [0.1, 0.15) is 27.2 Å². The van der Waals surface area contributed by atoms with Crippen molar-refractivity contribution < 1.29 is 9.53 Å². The lowest BCUT2D eigenvalue weighted by atomic mass is 10.2. The number of nitrogens with zero attached hydrogens (tertiary/aromatic N) is 3. The van der Waals surface area contributed by atoms with E-state index in [1.807, 2.05) is 20.8 Å². The van der Waals surface area contributed by atoms with Gasteiger partial charge in [0.05, 0.1) is 6.20 Å². The van der Waals surface area contributed by atoms with Crippen molar-refractivity contribution in [3.8, 4) is 0 Å². The lowest BCUT2D eigenvalue weighted by molar-refractivity contribution is 0.0293. The van der Waals surface area contributed by atoms with E-state index in [0.29, 0.717) is 24.1 Å². The molecule has 0 radical (unpaired) electrons. The molecule has 0 bridgehead atoms. The van der Waals surface area contributed by atoms with Crippen LogP contribution in [0.4, 0.5) is 16.6 Å². The van der Waals surface area contributed by atoms with Crippen LogP contribution in [0.25, 0.3) is 0 Å².